The molecule has 0 saturated carbocycles. The second-order valence-electron chi connectivity index (χ2n) is 7.74. The molecule has 5 aromatic rings. The highest BCUT2D eigenvalue weighted by atomic mass is 32.1. The predicted molar refractivity (Wildman–Crippen MR) is 140 cm³/mol. The average Bonchev–Trinajstić information content (AvgIpc) is 3.34. The van der Waals surface area contributed by atoms with Crippen LogP contribution in [0, 0.1) is 0 Å². The number of fused-ring (bicyclic) bond motifs is 1. The first kappa shape index (κ1) is 22.6. The largest absolute Gasteiger partial charge is 0.492 e. The second kappa shape index (κ2) is 10.4. The van der Waals surface area contributed by atoms with Gasteiger partial charge in [0.2, 0.25) is 0 Å². The zero-order valence-electron chi connectivity index (χ0n) is 19.1. The molecule has 3 aromatic heterocycles. The maximum Gasteiger partial charge on any atom is 0.274 e. The molecule has 0 unspecified atom stereocenters. The summed E-state index contributed by atoms with van der Waals surface area (Å²) in [6.45, 7) is 1.17. The van der Waals surface area contributed by atoms with Crippen LogP contribution in [0.15, 0.2) is 85.1 Å². The number of nitrogens with one attached hydrogen (secondary N) is 2. The van der Waals surface area contributed by atoms with Crippen LogP contribution in [-0.4, -0.2) is 41.1 Å². The third kappa shape index (κ3) is 5.18. The monoisotopic (exact) mass is 481 g/mol. The normalized spacial score (nSPS) is 10.9. The van der Waals surface area contributed by atoms with Crippen molar-refractivity contribution < 1.29 is 9.53 Å². The molecule has 174 valence electrons. The molecule has 0 fully saturated rings. The lowest BCUT2D eigenvalue weighted by atomic mass is 10.1. The van der Waals surface area contributed by atoms with Gasteiger partial charge >= 0.3 is 0 Å². The molecule has 0 bridgehead atoms. The summed E-state index contributed by atoms with van der Waals surface area (Å²) in [4.78, 5) is 27.9. The third-order valence-corrected chi connectivity index (χ3v) is 6.31. The molecule has 0 aliphatic rings. The minimum atomic E-state index is -0.326. The summed E-state index contributed by atoms with van der Waals surface area (Å²) >= 11 is 1.49. The van der Waals surface area contributed by atoms with Crippen LogP contribution in [0.4, 0.5) is 5.69 Å². The minimum absolute atomic E-state index is 0.270. The number of pyridine rings is 2. The summed E-state index contributed by atoms with van der Waals surface area (Å²) in [7, 11) is 1.86. The van der Waals surface area contributed by atoms with E-state index in [4.69, 9.17) is 9.72 Å². The van der Waals surface area contributed by atoms with Crippen molar-refractivity contribution >= 4 is 33.3 Å². The molecule has 0 atom stereocenters. The lowest BCUT2D eigenvalue weighted by Gasteiger charge is -2.12. The molecule has 8 heteroatoms. The zero-order chi connectivity index (χ0) is 24.0. The summed E-state index contributed by atoms with van der Waals surface area (Å²) in [5.41, 5.74) is 4.15. The molecule has 2 N–H and O–H groups in total. The number of amides is 1. The van der Waals surface area contributed by atoms with Crippen molar-refractivity contribution in [2.24, 2.45) is 0 Å². The van der Waals surface area contributed by atoms with E-state index in [0.29, 0.717) is 30.3 Å². The molecule has 0 aliphatic carbocycles. The van der Waals surface area contributed by atoms with Gasteiger partial charge in [0.25, 0.3) is 5.91 Å². The van der Waals surface area contributed by atoms with Crippen LogP contribution in [0.25, 0.3) is 32.2 Å². The van der Waals surface area contributed by atoms with E-state index < -0.39 is 0 Å². The molecule has 35 heavy (non-hydrogen) atoms. The molecule has 0 spiro atoms. The Bertz CT molecular complexity index is 1440. The van der Waals surface area contributed by atoms with Crippen LogP contribution in [0.3, 0.4) is 0 Å². The number of rotatable bonds is 8. The lowest BCUT2D eigenvalue weighted by molar-refractivity contribution is 0.102. The van der Waals surface area contributed by atoms with E-state index in [0.717, 1.165) is 26.5 Å². The van der Waals surface area contributed by atoms with Gasteiger partial charge in [0.15, 0.2) is 0 Å². The molecule has 5 rings (SSSR count). The summed E-state index contributed by atoms with van der Waals surface area (Å²) in [6.07, 6.45) is 1.75. The van der Waals surface area contributed by atoms with E-state index in [2.05, 4.69) is 20.6 Å². The van der Waals surface area contributed by atoms with E-state index in [1.54, 1.807) is 12.3 Å². The molecule has 7 nitrogen and oxygen atoms in total. The molecular weight excluding hydrogens is 458 g/mol. The number of benzene rings is 2. The standard InChI is InChI=1S/C27H23N5O2S/c1-28-14-15-34-19-16-23(18-8-3-2-4-9-18)30-24(17-19)25(33)31-21-11-6-5-10-20(21)26-32-22-12-7-13-29-27(22)35-26/h2-13,16-17,28H,14-15H2,1H3,(H,31,33). The van der Waals surface area contributed by atoms with Crippen molar-refractivity contribution in [2.75, 3.05) is 25.5 Å². The number of nitrogens with zero attached hydrogens (tertiary/aromatic N) is 3. The maximum atomic E-state index is 13.4. The van der Waals surface area contributed by atoms with E-state index >= 15 is 0 Å². The highest BCUT2D eigenvalue weighted by molar-refractivity contribution is 7.21. The van der Waals surface area contributed by atoms with Gasteiger partial charge in [0.1, 0.15) is 33.4 Å². The Kier molecular flexibility index (Phi) is 6.74. The number of carbonyl (C=O) groups is 1. The Balaban J connectivity index is 1.47. The Hall–Kier alpha value is -4.14. The molecule has 0 radical (unpaired) electrons. The van der Waals surface area contributed by atoms with Gasteiger partial charge in [0, 0.05) is 36.0 Å². The van der Waals surface area contributed by atoms with E-state index in [9.17, 15) is 4.79 Å². The molecule has 0 saturated heterocycles. The summed E-state index contributed by atoms with van der Waals surface area (Å²) in [5, 5.41) is 6.86. The number of para-hydroxylation sites is 1. The lowest BCUT2D eigenvalue weighted by Crippen LogP contribution is -2.17. The van der Waals surface area contributed by atoms with Gasteiger partial charge in [0.05, 0.1) is 11.4 Å². The van der Waals surface area contributed by atoms with Crippen LogP contribution in [0.2, 0.25) is 0 Å². The van der Waals surface area contributed by atoms with Crippen LogP contribution >= 0.6 is 11.3 Å². The van der Waals surface area contributed by atoms with Crippen LogP contribution in [0.1, 0.15) is 10.5 Å². The predicted octanol–water partition coefficient (Wildman–Crippen LogP) is 5.27. The number of carbonyl (C=O) groups excluding carboxylic acids is 1. The van der Waals surface area contributed by atoms with Crippen LogP contribution in [0.5, 0.6) is 5.75 Å². The van der Waals surface area contributed by atoms with Gasteiger partial charge in [-0.15, -0.1) is 0 Å². The fourth-order valence-electron chi connectivity index (χ4n) is 3.58. The van der Waals surface area contributed by atoms with Crippen molar-refractivity contribution in [3.8, 4) is 27.6 Å². The van der Waals surface area contributed by atoms with Crippen molar-refractivity contribution in [3.63, 3.8) is 0 Å². The topological polar surface area (TPSA) is 89.0 Å². The SMILES string of the molecule is CNCCOc1cc(C(=O)Nc2ccccc2-c2nc3cccnc3s2)nc(-c2ccccc2)c1. The fourth-order valence-corrected chi connectivity index (χ4v) is 4.53. The zero-order valence-corrected chi connectivity index (χ0v) is 19.9. The number of hydrogen-bond acceptors (Lipinski definition) is 7. The van der Waals surface area contributed by atoms with E-state index in [1.165, 1.54) is 11.3 Å². The number of ether oxygens (including phenoxy) is 1. The summed E-state index contributed by atoms with van der Waals surface area (Å²) < 4.78 is 5.88. The molecule has 0 aliphatic heterocycles. The number of thiazole rings is 1. The Morgan fingerprint density at radius 2 is 1.80 bits per heavy atom. The van der Waals surface area contributed by atoms with Gasteiger partial charge < -0.3 is 15.4 Å². The molecule has 2 aromatic carbocycles. The Morgan fingerprint density at radius 1 is 0.971 bits per heavy atom. The van der Waals surface area contributed by atoms with Crippen molar-refractivity contribution in [3.05, 3.63) is 90.8 Å². The van der Waals surface area contributed by atoms with Gasteiger partial charge in [-0.3, -0.25) is 4.79 Å². The van der Waals surface area contributed by atoms with Crippen molar-refractivity contribution in [1.82, 2.24) is 20.3 Å². The highest BCUT2D eigenvalue weighted by Crippen LogP contribution is 2.34. The summed E-state index contributed by atoms with van der Waals surface area (Å²) in [6, 6.07) is 24.6. The highest BCUT2D eigenvalue weighted by Gasteiger charge is 2.17. The first-order chi connectivity index (χ1) is 17.2. The molecule has 1 amide bonds. The van der Waals surface area contributed by atoms with Gasteiger partial charge in [-0.2, -0.15) is 0 Å². The molecular formula is C27H23N5O2S. The van der Waals surface area contributed by atoms with Crippen molar-refractivity contribution in [1.29, 1.82) is 0 Å². The average molecular weight is 482 g/mol. The number of hydrogen-bond donors (Lipinski definition) is 2. The first-order valence-corrected chi connectivity index (χ1v) is 12.0. The second-order valence-corrected chi connectivity index (χ2v) is 8.72. The van der Waals surface area contributed by atoms with Gasteiger partial charge in [-0.05, 0) is 31.3 Å². The van der Waals surface area contributed by atoms with Crippen molar-refractivity contribution in [2.45, 2.75) is 0 Å². The maximum absolute atomic E-state index is 13.4. The minimum Gasteiger partial charge on any atom is -0.492 e. The smallest absolute Gasteiger partial charge is 0.274 e. The first-order valence-electron chi connectivity index (χ1n) is 11.2. The Morgan fingerprint density at radius 3 is 2.63 bits per heavy atom. The van der Waals surface area contributed by atoms with Crippen LogP contribution in [-0.2, 0) is 0 Å². The van der Waals surface area contributed by atoms with E-state index in [1.807, 2.05) is 79.8 Å². The number of likely N-dealkylation sites (N-methyl/N-ethyl adjacent to an activating group) is 1. The molecule has 3 heterocycles. The quantitative estimate of drug-likeness (QED) is 0.294. The Labute approximate surface area is 206 Å². The fraction of sp³-hybridized carbons (Fsp3) is 0.111. The number of anilines is 1. The number of aromatic nitrogens is 3. The van der Waals surface area contributed by atoms with E-state index in [-0.39, 0.29) is 11.6 Å². The van der Waals surface area contributed by atoms with Crippen LogP contribution < -0.4 is 15.4 Å². The van der Waals surface area contributed by atoms with Gasteiger partial charge in [-0.1, -0.05) is 53.8 Å². The third-order valence-electron chi connectivity index (χ3n) is 5.29. The van der Waals surface area contributed by atoms with Gasteiger partial charge in [-0.25, -0.2) is 15.0 Å². The summed E-state index contributed by atoms with van der Waals surface area (Å²) in [5.74, 6) is 0.262.